The summed E-state index contributed by atoms with van der Waals surface area (Å²) >= 11 is 0. The van der Waals surface area contributed by atoms with E-state index in [0.717, 1.165) is 38.8 Å². The van der Waals surface area contributed by atoms with Crippen LogP contribution in [0.2, 0.25) is 0 Å². The van der Waals surface area contributed by atoms with Crippen molar-refractivity contribution in [2.24, 2.45) is 17.1 Å². The molecule has 2 aromatic carbocycles. The number of terminal acetylenes is 1. The first kappa shape index (κ1) is 33.2. The smallest absolute Gasteiger partial charge is 0.319 e. The van der Waals surface area contributed by atoms with Gasteiger partial charge in [0.15, 0.2) is 5.82 Å². The molecule has 3 aliphatic heterocycles. The summed E-state index contributed by atoms with van der Waals surface area (Å²) in [5.41, 5.74) is 4.28. The van der Waals surface area contributed by atoms with Gasteiger partial charge >= 0.3 is 6.01 Å². The van der Waals surface area contributed by atoms with E-state index in [9.17, 15) is 19.6 Å². The molecule has 12 heteroatoms. The predicted molar refractivity (Wildman–Crippen MR) is 185 cm³/mol. The van der Waals surface area contributed by atoms with Crippen molar-refractivity contribution in [3.63, 3.8) is 0 Å². The number of primary amides is 1. The Balaban J connectivity index is 1.39. The van der Waals surface area contributed by atoms with Gasteiger partial charge in [-0.1, -0.05) is 18.1 Å². The van der Waals surface area contributed by atoms with Crippen molar-refractivity contribution >= 4 is 33.4 Å². The topological polar surface area (TPSA) is 141 Å². The van der Waals surface area contributed by atoms with Crippen LogP contribution < -0.4 is 15.4 Å². The molecule has 1 amide bonds. The van der Waals surface area contributed by atoms with Crippen LogP contribution in [0.15, 0.2) is 42.6 Å². The molecule has 3 fully saturated rings. The van der Waals surface area contributed by atoms with E-state index in [1.54, 1.807) is 6.08 Å². The molecule has 3 saturated heterocycles. The van der Waals surface area contributed by atoms with Crippen LogP contribution in [0.1, 0.15) is 51.0 Å². The number of hydrogen-bond donors (Lipinski definition) is 2. The van der Waals surface area contributed by atoms with Crippen LogP contribution in [-0.2, 0) is 4.79 Å². The zero-order valence-corrected chi connectivity index (χ0v) is 27.8. The lowest BCUT2D eigenvalue weighted by atomic mass is 9.75. The van der Waals surface area contributed by atoms with Crippen LogP contribution in [0.25, 0.3) is 32.9 Å². The van der Waals surface area contributed by atoms with Crippen molar-refractivity contribution in [2.45, 2.75) is 51.0 Å². The molecule has 0 radical (unpaired) electrons. The van der Waals surface area contributed by atoms with Gasteiger partial charge in [0.25, 0.3) is 0 Å². The highest BCUT2D eigenvalue weighted by Gasteiger charge is 2.45. The van der Waals surface area contributed by atoms with Crippen LogP contribution in [0.5, 0.6) is 11.8 Å². The third-order valence-electron chi connectivity index (χ3n) is 10.8. The first-order chi connectivity index (χ1) is 24.1. The lowest BCUT2D eigenvalue weighted by Crippen LogP contribution is -2.43. The summed E-state index contributed by atoms with van der Waals surface area (Å²) in [6, 6.07) is 7.82. The molecular formula is C38H37F2N7O3. The van der Waals surface area contributed by atoms with Crippen LogP contribution >= 0.6 is 0 Å². The van der Waals surface area contributed by atoms with E-state index in [1.807, 2.05) is 11.8 Å². The number of carbonyl (C=O) groups excluding carboxylic acids is 1. The Morgan fingerprint density at radius 2 is 1.94 bits per heavy atom. The molecule has 0 saturated carbocycles. The average Bonchev–Trinajstić information content (AvgIpc) is 3.64. The second-order valence-corrected chi connectivity index (χ2v) is 13.8. The van der Waals surface area contributed by atoms with Crippen molar-refractivity contribution in [3.05, 3.63) is 59.8 Å². The zero-order valence-electron chi connectivity index (χ0n) is 27.8. The number of nitrogens with two attached hydrogens (primary N) is 1. The summed E-state index contributed by atoms with van der Waals surface area (Å²) in [6.45, 7) is 4.96. The van der Waals surface area contributed by atoms with Gasteiger partial charge < -0.3 is 20.5 Å². The van der Waals surface area contributed by atoms with Gasteiger partial charge in [-0.25, -0.2) is 8.78 Å². The first-order valence-electron chi connectivity index (χ1n) is 16.9. The number of benzene rings is 2. The minimum absolute atomic E-state index is 0.00989. The molecule has 256 valence electrons. The van der Waals surface area contributed by atoms with Gasteiger partial charge in [-0.15, -0.1) is 6.42 Å². The summed E-state index contributed by atoms with van der Waals surface area (Å²) in [5.74, 6) is 0.0459. The number of aromatic nitrogens is 3. The van der Waals surface area contributed by atoms with E-state index < -0.39 is 28.9 Å². The Labute approximate surface area is 288 Å². The number of rotatable bonds is 7. The number of ether oxygens (including phenoxy) is 1. The summed E-state index contributed by atoms with van der Waals surface area (Å²) < 4.78 is 38.3. The number of phenolic OH excluding ortho intramolecular Hbond substituents is 1. The number of nitrogens with zero attached hydrogens (tertiary/aromatic N) is 6. The van der Waals surface area contributed by atoms with Crippen LogP contribution in [0.3, 0.4) is 0 Å². The third-order valence-corrected chi connectivity index (χ3v) is 10.8. The maximum absolute atomic E-state index is 17.0. The number of amides is 1. The highest BCUT2D eigenvalue weighted by Crippen LogP contribution is 2.42. The van der Waals surface area contributed by atoms with Crippen molar-refractivity contribution in [1.82, 2.24) is 19.9 Å². The Kier molecular flexibility index (Phi) is 8.53. The summed E-state index contributed by atoms with van der Waals surface area (Å²) in [7, 11) is 0. The van der Waals surface area contributed by atoms with Crippen molar-refractivity contribution in [2.75, 3.05) is 37.7 Å². The van der Waals surface area contributed by atoms with Crippen molar-refractivity contribution < 1.29 is 23.4 Å². The molecule has 0 bridgehead atoms. The minimum atomic E-state index is -0.821. The van der Waals surface area contributed by atoms with Crippen molar-refractivity contribution in [1.29, 1.82) is 5.26 Å². The standard InChI is InChI=1S/C38H37F2N7O3/c1-3-26-29(39)9-7-23-17-25(48)18-27(31(23)26)33-32(40)34-28(19-43-33)35(45-36(44-34)50-22-38-12-5-15-47(38)16-6-13-38)46-14-4-11-37(2,21-41)24(20-46)8-10-30(42)49/h1,7-10,17-19,24,48H,4-6,11-16,20,22H2,2H3,(H2,42,49)/t24-,37-/m0/s1. The number of nitriles is 1. The van der Waals surface area contributed by atoms with Gasteiger partial charge in [0.05, 0.1) is 28.0 Å². The fraction of sp³-hybridized carbons (Fsp3) is 0.395. The second-order valence-electron chi connectivity index (χ2n) is 13.8. The van der Waals surface area contributed by atoms with Gasteiger partial charge in [-0.2, -0.15) is 15.2 Å². The van der Waals surface area contributed by atoms with Gasteiger partial charge in [0.1, 0.15) is 35.2 Å². The van der Waals surface area contributed by atoms with E-state index in [2.05, 4.69) is 26.9 Å². The molecular weight excluding hydrogens is 640 g/mol. The zero-order chi connectivity index (χ0) is 35.2. The summed E-state index contributed by atoms with van der Waals surface area (Å²) in [5, 5.41) is 21.7. The molecule has 4 aromatic rings. The number of carbonyl (C=O) groups is 1. The molecule has 5 heterocycles. The number of halogens is 2. The highest BCUT2D eigenvalue weighted by atomic mass is 19.1. The molecule has 0 aliphatic carbocycles. The molecule has 0 unspecified atom stereocenters. The number of hydrogen-bond acceptors (Lipinski definition) is 9. The number of aromatic hydroxyl groups is 1. The lowest BCUT2D eigenvalue weighted by Gasteiger charge is -2.32. The lowest BCUT2D eigenvalue weighted by molar-refractivity contribution is -0.113. The Bertz CT molecular complexity index is 2130. The number of fused-ring (bicyclic) bond motifs is 3. The Morgan fingerprint density at radius 3 is 2.66 bits per heavy atom. The molecule has 3 aliphatic rings. The largest absolute Gasteiger partial charge is 0.508 e. The molecule has 2 aromatic heterocycles. The second kappa shape index (κ2) is 12.8. The van der Waals surface area contributed by atoms with Gasteiger partial charge in [0, 0.05) is 36.2 Å². The average molecular weight is 678 g/mol. The highest BCUT2D eigenvalue weighted by molar-refractivity contribution is 6.03. The maximum Gasteiger partial charge on any atom is 0.319 e. The van der Waals surface area contributed by atoms with E-state index in [-0.39, 0.29) is 51.6 Å². The molecule has 3 N–H and O–H groups in total. The van der Waals surface area contributed by atoms with Crippen LogP contribution in [-0.4, -0.2) is 69.2 Å². The van der Waals surface area contributed by atoms with E-state index >= 15 is 4.39 Å². The molecule has 0 spiro atoms. The van der Waals surface area contributed by atoms with Crippen molar-refractivity contribution in [3.8, 4) is 41.4 Å². The summed E-state index contributed by atoms with van der Waals surface area (Å²) in [4.78, 5) is 30.0. The van der Waals surface area contributed by atoms with Gasteiger partial charge in [-0.3, -0.25) is 14.7 Å². The minimum Gasteiger partial charge on any atom is -0.508 e. The molecule has 7 rings (SSSR count). The fourth-order valence-corrected chi connectivity index (χ4v) is 8.10. The van der Waals surface area contributed by atoms with Crippen LogP contribution in [0, 0.1) is 46.6 Å². The summed E-state index contributed by atoms with van der Waals surface area (Å²) in [6.07, 6.45) is 15.4. The van der Waals surface area contributed by atoms with Gasteiger partial charge in [-0.05, 0) is 88.2 Å². The van der Waals surface area contributed by atoms with Gasteiger partial charge in [0.2, 0.25) is 5.91 Å². The third kappa shape index (κ3) is 5.73. The van der Waals surface area contributed by atoms with E-state index in [1.165, 1.54) is 36.5 Å². The quantitative estimate of drug-likeness (QED) is 0.189. The first-order valence-corrected chi connectivity index (χ1v) is 16.9. The molecule has 10 nitrogen and oxygen atoms in total. The Hall–Kier alpha value is -5.33. The molecule has 2 atom stereocenters. The number of pyridine rings is 1. The fourth-order valence-electron chi connectivity index (χ4n) is 8.10. The normalized spacial score (nSPS) is 22.0. The van der Waals surface area contributed by atoms with Crippen LogP contribution in [0.4, 0.5) is 14.6 Å². The maximum atomic E-state index is 17.0. The molecule has 50 heavy (non-hydrogen) atoms. The number of anilines is 1. The van der Waals surface area contributed by atoms with E-state index in [4.69, 9.17) is 21.9 Å². The predicted octanol–water partition coefficient (Wildman–Crippen LogP) is 5.61. The SMILES string of the molecule is C#Cc1c(F)ccc2cc(O)cc(-c3ncc4c(N5CCC[C@@](C)(C#N)[C@@H](C=CC(N)=O)C5)nc(OCC56CCCN5CCC6)nc4c3F)c12. The van der Waals surface area contributed by atoms with E-state index in [0.29, 0.717) is 42.6 Å². The Morgan fingerprint density at radius 1 is 1.18 bits per heavy atom. The number of phenols is 1. The monoisotopic (exact) mass is 677 g/mol.